The number of aryl methyl sites for hydroxylation is 1. The molecule has 0 saturated carbocycles. The third kappa shape index (κ3) is 2.86. The molecule has 0 aromatic carbocycles. The van der Waals surface area contributed by atoms with Gasteiger partial charge in [-0.3, -0.25) is 9.48 Å². The highest BCUT2D eigenvalue weighted by Crippen LogP contribution is 2.12. The minimum Gasteiger partial charge on any atom is -0.357 e. The lowest BCUT2D eigenvalue weighted by Gasteiger charge is -2.06. The first-order valence-corrected chi connectivity index (χ1v) is 6.58. The maximum atomic E-state index is 11.7. The smallest absolute Gasteiger partial charge is 0.267 e. The van der Waals surface area contributed by atoms with Gasteiger partial charge < -0.3 is 10.3 Å². The van der Waals surface area contributed by atoms with Crippen LogP contribution in [0.3, 0.4) is 0 Å². The summed E-state index contributed by atoms with van der Waals surface area (Å²) in [7, 11) is 0. The molecule has 0 radical (unpaired) electrons. The number of carbonyl (C=O) groups is 1. The molecule has 19 heavy (non-hydrogen) atoms. The van der Waals surface area contributed by atoms with Crippen molar-refractivity contribution in [1.29, 1.82) is 0 Å². The average Bonchev–Trinajstić information content (AvgIpc) is 2.99. The van der Waals surface area contributed by atoms with E-state index in [0.29, 0.717) is 18.8 Å². The lowest BCUT2D eigenvalue weighted by atomic mass is 10.1. The predicted molar refractivity (Wildman–Crippen MR) is 74.2 cm³/mol. The van der Waals surface area contributed by atoms with Gasteiger partial charge in [-0.25, -0.2) is 0 Å². The summed E-state index contributed by atoms with van der Waals surface area (Å²) in [4.78, 5) is 14.6. The van der Waals surface area contributed by atoms with Crippen molar-refractivity contribution in [3.05, 3.63) is 41.0 Å². The van der Waals surface area contributed by atoms with Crippen molar-refractivity contribution in [2.75, 3.05) is 6.54 Å². The molecule has 0 saturated heterocycles. The van der Waals surface area contributed by atoms with E-state index in [0.717, 1.165) is 12.1 Å². The second-order valence-electron chi connectivity index (χ2n) is 4.57. The second-order valence-corrected chi connectivity index (χ2v) is 4.57. The second kappa shape index (κ2) is 5.73. The summed E-state index contributed by atoms with van der Waals surface area (Å²) >= 11 is 0. The number of amides is 1. The van der Waals surface area contributed by atoms with Gasteiger partial charge in [-0.1, -0.05) is 6.92 Å². The first-order valence-electron chi connectivity index (χ1n) is 6.58. The summed E-state index contributed by atoms with van der Waals surface area (Å²) in [5.74, 6) is -0.0813. The Kier molecular flexibility index (Phi) is 4.04. The Balaban J connectivity index is 1.91. The number of H-pyrrole nitrogens is 1. The standard InChI is InChI=1S/C14H20N4O/c1-4-12-10(2)17-18(11(12)3)9-8-16-14(19)13-6-5-7-15-13/h5-7,15H,4,8-9H2,1-3H3,(H,16,19). The van der Waals surface area contributed by atoms with Crippen LogP contribution in [0.4, 0.5) is 0 Å². The topological polar surface area (TPSA) is 62.7 Å². The van der Waals surface area contributed by atoms with Crippen molar-refractivity contribution in [3.63, 3.8) is 0 Å². The van der Waals surface area contributed by atoms with Gasteiger partial charge in [-0.15, -0.1) is 0 Å². The third-order valence-corrected chi connectivity index (χ3v) is 3.34. The van der Waals surface area contributed by atoms with Crippen LogP contribution >= 0.6 is 0 Å². The molecule has 0 atom stereocenters. The van der Waals surface area contributed by atoms with Gasteiger partial charge in [0.25, 0.3) is 5.91 Å². The molecular weight excluding hydrogens is 240 g/mol. The van der Waals surface area contributed by atoms with Crippen LogP contribution < -0.4 is 5.32 Å². The molecule has 0 aliphatic heterocycles. The maximum Gasteiger partial charge on any atom is 0.267 e. The molecular formula is C14H20N4O. The summed E-state index contributed by atoms with van der Waals surface area (Å²) in [6.45, 7) is 7.50. The van der Waals surface area contributed by atoms with Crippen LogP contribution in [0.25, 0.3) is 0 Å². The molecule has 0 unspecified atom stereocenters. The quantitative estimate of drug-likeness (QED) is 0.861. The van der Waals surface area contributed by atoms with E-state index in [4.69, 9.17) is 0 Å². The van der Waals surface area contributed by atoms with E-state index in [1.54, 1.807) is 12.3 Å². The largest absolute Gasteiger partial charge is 0.357 e. The Labute approximate surface area is 113 Å². The monoisotopic (exact) mass is 260 g/mol. The van der Waals surface area contributed by atoms with Gasteiger partial charge in [0.2, 0.25) is 0 Å². The van der Waals surface area contributed by atoms with E-state index in [9.17, 15) is 4.79 Å². The first kappa shape index (κ1) is 13.4. The summed E-state index contributed by atoms with van der Waals surface area (Å²) in [6, 6.07) is 3.57. The van der Waals surface area contributed by atoms with E-state index in [-0.39, 0.29) is 5.91 Å². The molecule has 0 bridgehead atoms. The van der Waals surface area contributed by atoms with Crippen molar-refractivity contribution in [2.45, 2.75) is 33.7 Å². The van der Waals surface area contributed by atoms with Crippen molar-refractivity contribution < 1.29 is 4.79 Å². The van der Waals surface area contributed by atoms with Crippen molar-refractivity contribution >= 4 is 5.91 Å². The van der Waals surface area contributed by atoms with Crippen molar-refractivity contribution in [3.8, 4) is 0 Å². The van der Waals surface area contributed by atoms with Gasteiger partial charge in [-0.05, 0) is 38.0 Å². The molecule has 2 aromatic heterocycles. The number of nitrogens with zero attached hydrogens (tertiary/aromatic N) is 2. The van der Waals surface area contributed by atoms with E-state index < -0.39 is 0 Å². The molecule has 0 aliphatic carbocycles. The van der Waals surface area contributed by atoms with Gasteiger partial charge >= 0.3 is 0 Å². The number of nitrogens with one attached hydrogen (secondary N) is 2. The molecule has 2 N–H and O–H groups in total. The molecule has 2 heterocycles. The Morgan fingerprint density at radius 1 is 1.47 bits per heavy atom. The summed E-state index contributed by atoms with van der Waals surface area (Å²) < 4.78 is 1.96. The van der Waals surface area contributed by atoms with Gasteiger partial charge in [0, 0.05) is 18.4 Å². The fourth-order valence-corrected chi connectivity index (χ4v) is 2.31. The van der Waals surface area contributed by atoms with Crippen LogP contribution in [0.5, 0.6) is 0 Å². The van der Waals surface area contributed by atoms with Crippen LogP contribution in [-0.2, 0) is 13.0 Å². The van der Waals surface area contributed by atoms with Crippen LogP contribution in [0, 0.1) is 13.8 Å². The van der Waals surface area contributed by atoms with Gasteiger partial charge in [-0.2, -0.15) is 5.10 Å². The van der Waals surface area contributed by atoms with E-state index >= 15 is 0 Å². The highest BCUT2D eigenvalue weighted by molar-refractivity contribution is 5.92. The third-order valence-electron chi connectivity index (χ3n) is 3.34. The van der Waals surface area contributed by atoms with Crippen molar-refractivity contribution in [2.24, 2.45) is 0 Å². The zero-order chi connectivity index (χ0) is 13.8. The van der Waals surface area contributed by atoms with Crippen LogP contribution in [0.2, 0.25) is 0 Å². The minimum absolute atomic E-state index is 0.0813. The number of aromatic amines is 1. The molecule has 2 rings (SSSR count). The zero-order valence-electron chi connectivity index (χ0n) is 11.7. The highest BCUT2D eigenvalue weighted by atomic mass is 16.1. The summed E-state index contributed by atoms with van der Waals surface area (Å²) in [5.41, 5.74) is 4.16. The molecule has 1 amide bonds. The Bertz CT molecular complexity index is 554. The predicted octanol–water partition coefficient (Wildman–Crippen LogP) is 1.82. The SMILES string of the molecule is CCc1c(C)nn(CCNC(=O)c2ccc[nH]2)c1C. The lowest BCUT2D eigenvalue weighted by molar-refractivity contribution is 0.0947. The molecule has 0 fully saturated rings. The molecule has 5 nitrogen and oxygen atoms in total. The van der Waals surface area contributed by atoms with E-state index in [1.165, 1.54) is 11.3 Å². The van der Waals surface area contributed by atoms with Gasteiger partial charge in [0.1, 0.15) is 5.69 Å². The molecule has 5 heteroatoms. The molecule has 0 aliphatic rings. The van der Waals surface area contributed by atoms with Gasteiger partial charge in [0.05, 0.1) is 12.2 Å². The molecule has 2 aromatic rings. The molecule has 102 valence electrons. The normalized spacial score (nSPS) is 10.7. The zero-order valence-corrected chi connectivity index (χ0v) is 11.7. The summed E-state index contributed by atoms with van der Waals surface area (Å²) in [6.07, 6.45) is 2.73. The Morgan fingerprint density at radius 3 is 2.84 bits per heavy atom. The molecule has 0 spiro atoms. The van der Waals surface area contributed by atoms with Gasteiger partial charge in [0.15, 0.2) is 0 Å². The van der Waals surface area contributed by atoms with E-state index in [2.05, 4.69) is 29.2 Å². The summed E-state index contributed by atoms with van der Waals surface area (Å²) in [5, 5.41) is 7.37. The Hall–Kier alpha value is -2.04. The van der Waals surface area contributed by atoms with Crippen LogP contribution in [-0.4, -0.2) is 27.2 Å². The first-order chi connectivity index (χ1) is 9.13. The number of hydrogen-bond donors (Lipinski definition) is 2. The van der Waals surface area contributed by atoms with Crippen molar-refractivity contribution in [1.82, 2.24) is 20.1 Å². The van der Waals surface area contributed by atoms with Crippen LogP contribution in [0.15, 0.2) is 18.3 Å². The lowest BCUT2D eigenvalue weighted by Crippen LogP contribution is -2.28. The average molecular weight is 260 g/mol. The number of carbonyl (C=O) groups excluding carboxylic acids is 1. The fourth-order valence-electron chi connectivity index (χ4n) is 2.31. The number of aromatic nitrogens is 3. The number of rotatable bonds is 5. The number of hydrogen-bond acceptors (Lipinski definition) is 2. The van der Waals surface area contributed by atoms with Crippen LogP contribution in [0.1, 0.15) is 34.4 Å². The minimum atomic E-state index is -0.0813. The van der Waals surface area contributed by atoms with E-state index in [1.807, 2.05) is 17.7 Å². The maximum absolute atomic E-state index is 11.7. The highest BCUT2D eigenvalue weighted by Gasteiger charge is 2.10. The Morgan fingerprint density at radius 2 is 2.26 bits per heavy atom. The fraction of sp³-hybridized carbons (Fsp3) is 0.429.